The summed E-state index contributed by atoms with van der Waals surface area (Å²) >= 11 is 0. The summed E-state index contributed by atoms with van der Waals surface area (Å²) in [5, 5.41) is 5.92. The lowest BCUT2D eigenvalue weighted by Gasteiger charge is -2.28. The van der Waals surface area contributed by atoms with Gasteiger partial charge in [0.2, 0.25) is 11.8 Å². The monoisotopic (exact) mass is 479 g/mol. The normalized spacial score (nSPS) is 19.6. The van der Waals surface area contributed by atoms with Gasteiger partial charge >= 0.3 is 11.8 Å². The average Bonchev–Trinajstić information content (AvgIpc) is 3.59. The molecule has 2 aromatic rings. The zero-order chi connectivity index (χ0) is 24.0. The van der Waals surface area contributed by atoms with E-state index >= 15 is 0 Å². The van der Waals surface area contributed by atoms with Gasteiger partial charge in [-0.3, -0.25) is 19.4 Å². The van der Waals surface area contributed by atoms with Crippen molar-refractivity contribution in [2.24, 2.45) is 0 Å². The summed E-state index contributed by atoms with van der Waals surface area (Å²) in [6.07, 6.45) is 11.2. The zero-order valence-electron chi connectivity index (χ0n) is 20.0. The molecule has 2 aliphatic heterocycles. The van der Waals surface area contributed by atoms with Crippen molar-refractivity contribution in [1.82, 2.24) is 25.2 Å². The van der Waals surface area contributed by atoms with Crippen molar-refractivity contribution in [1.29, 1.82) is 0 Å². The number of carbonyl (C=O) groups excluding carboxylic acids is 2. The molecule has 2 fully saturated rings. The Morgan fingerprint density at radius 2 is 1.86 bits per heavy atom. The summed E-state index contributed by atoms with van der Waals surface area (Å²) in [6, 6.07) is 3.67. The number of anilines is 3. The minimum absolute atomic E-state index is 0.0218. The maximum Gasteiger partial charge on any atom is 0.317 e. The van der Waals surface area contributed by atoms with Gasteiger partial charge in [-0.15, -0.1) is 0 Å². The predicted octanol–water partition coefficient (Wildman–Crippen LogP) is 2.43. The molecule has 10 nitrogen and oxygen atoms in total. The number of aryl methyl sites for hydroxylation is 1. The summed E-state index contributed by atoms with van der Waals surface area (Å²) in [7, 11) is 0. The molecule has 0 aromatic carbocycles. The van der Waals surface area contributed by atoms with Crippen LogP contribution in [0.5, 0.6) is 5.88 Å². The number of pyridine rings is 1. The fourth-order valence-corrected chi connectivity index (χ4v) is 5.06. The first kappa shape index (κ1) is 23.5. The number of aromatic nitrogens is 3. The molecule has 0 spiro atoms. The summed E-state index contributed by atoms with van der Waals surface area (Å²) in [4.78, 5) is 43.1. The van der Waals surface area contributed by atoms with Crippen LogP contribution in [-0.4, -0.2) is 70.5 Å². The molecule has 2 aromatic heterocycles. The Morgan fingerprint density at radius 1 is 1.03 bits per heavy atom. The largest absolute Gasteiger partial charge is 0.476 e. The third-order valence-corrected chi connectivity index (χ3v) is 6.93. The Kier molecular flexibility index (Phi) is 7.37. The molecule has 3 aliphatic rings. The van der Waals surface area contributed by atoms with Gasteiger partial charge in [-0.05, 0) is 57.7 Å². The fraction of sp³-hybridized carbons (Fsp3) is 0.560. The molecule has 35 heavy (non-hydrogen) atoms. The molecule has 5 rings (SSSR count). The first-order chi connectivity index (χ1) is 17.2. The molecule has 2 amide bonds. The Balaban J connectivity index is 1.30. The molecule has 2 N–H and O–H groups in total. The number of likely N-dealkylation sites (tertiary alicyclic amines) is 1. The van der Waals surface area contributed by atoms with Gasteiger partial charge in [-0.25, -0.2) is 9.97 Å². The van der Waals surface area contributed by atoms with Crippen LogP contribution < -0.4 is 20.3 Å². The summed E-state index contributed by atoms with van der Waals surface area (Å²) in [5.74, 6) is 0.369. The van der Waals surface area contributed by atoms with E-state index in [0.717, 1.165) is 63.0 Å². The average molecular weight is 480 g/mol. The molecule has 1 aliphatic carbocycles. The number of ether oxygens (including phenoxy) is 1. The number of nitrogens with one attached hydrogen (secondary N) is 2. The molecule has 0 atom stereocenters. The van der Waals surface area contributed by atoms with Crippen LogP contribution >= 0.6 is 0 Å². The van der Waals surface area contributed by atoms with Crippen LogP contribution in [0.25, 0.3) is 0 Å². The van der Waals surface area contributed by atoms with Gasteiger partial charge in [0, 0.05) is 37.0 Å². The molecule has 0 unspecified atom stereocenters. The molecular formula is C25H33N7O3. The van der Waals surface area contributed by atoms with Gasteiger partial charge in [0.05, 0.1) is 11.9 Å². The van der Waals surface area contributed by atoms with Crippen LogP contribution in [0, 0.1) is 0 Å². The second kappa shape index (κ2) is 11.0. The first-order valence-electron chi connectivity index (χ1n) is 12.7. The number of carbonyl (C=O) groups is 2. The van der Waals surface area contributed by atoms with Gasteiger partial charge in [-0.1, -0.05) is 12.8 Å². The molecule has 0 radical (unpaired) electrons. The smallest absolute Gasteiger partial charge is 0.317 e. The van der Waals surface area contributed by atoms with E-state index in [1.165, 1.54) is 12.8 Å². The third-order valence-electron chi connectivity index (χ3n) is 6.93. The zero-order valence-corrected chi connectivity index (χ0v) is 20.0. The lowest BCUT2D eigenvalue weighted by molar-refractivity contribution is -0.137. The highest BCUT2D eigenvalue weighted by molar-refractivity contribution is 6.40. The topological polar surface area (TPSA) is 113 Å². The van der Waals surface area contributed by atoms with E-state index in [0.29, 0.717) is 37.2 Å². The van der Waals surface area contributed by atoms with Crippen LogP contribution in [0.1, 0.15) is 50.5 Å². The highest BCUT2D eigenvalue weighted by Gasteiger charge is 2.35. The molecule has 4 heterocycles. The lowest BCUT2D eigenvalue weighted by atomic mass is 10.1. The first-order valence-corrected chi connectivity index (χ1v) is 12.7. The van der Waals surface area contributed by atoms with E-state index in [4.69, 9.17) is 9.72 Å². The number of hydrogen-bond acceptors (Lipinski definition) is 8. The van der Waals surface area contributed by atoms with Crippen LogP contribution in [0.4, 0.5) is 17.5 Å². The molecule has 1 saturated carbocycles. The molecule has 1 saturated heterocycles. The Morgan fingerprint density at radius 3 is 2.63 bits per heavy atom. The highest BCUT2D eigenvalue weighted by atomic mass is 16.5. The predicted molar refractivity (Wildman–Crippen MR) is 132 cm³/mol. The van der Waals surface area contributed by atoms with E-state index < -0.39 is 11.8 Å². The van der Waals surface area contributed by atoms with Crippen LogP contribution in [0.3, 0.4) is 0 Å². The van der Waals surface area contributed by atoms with Crippen LogP contribution in [0.15, 0.2) is 24.5 Å². The summed E-state index contributed by atoms with van der Waals surface area (Å²) in [6.45, 7) is 4.29. The second-order valence-electron chi connectivity index (χ2n) is 9.42. The van der Waals surface area contributed by atoms with E-state index in [1.807, 2.05) is 12.1 Å². The highest BCUT2D eigenvalue weighted by Crippen LogP contribution is 2.31. The van der Waals surface area contributed by atoms with E-state index in [-0.39, 0.29) is 6.04 Å². The van der Waals surface area contributed by atoms with Crippen molar-refractivity contribution in [3.8, 4) is 5.88 Å². The number of rotatable bonds is 7. The van der Waals surface area contributed by atoms with Gasteiger partial charge in [0.15, 0.2) is 0 Å². The van der Waals surface area contributed by atoms with Crippen molar-refractivity contribution >= 4 is 29.3 Å². The Labute approximate surface area is 205 Å². The molecule has 0 bridgehead atoms. The Bertz CT molecular complexity index is 1030. The lowest BCUT2D eigenvalue weighted by Crippen LogP contribution is -2.48. The van der Waals surface area contributed by atoms with Crippen molar-refractivity contribution in [3.05, 3.63) is 30.1 Å². The SMILES string of the molecule is O=C1NCCCc2cnc(Nc3ccc(OCCN4CCCC4)nc3)nc2N(C2CCCC2)C1=O. The van der Waals surface area contributed by atoms with Crippen molar-refractivity contribution in [2.75, 3.05) is 43.0 Å². The minimum atomic E-state index is -0.567. The third kappa shape index (κ3) is 5.70. The van der Waals surface area contributed by atoms with Gasteiger partial charge in [0.1, 0.15) is 12.4 Å². The maximum atomic E-state index is 13.1. The second-order valence-corrected chi connectivity index (χ2v) is 9.42. The maximum absolute atomic E-state index is 13.1. The van der Waals surface area contributed by atoms with Crippen LogP contribution in [0.2, 0.25) is 0 Å². The van der Waals surface area contributed by atoms with Gasteiger partial charge in [0.25, 0.3) is 0 Å². The molecule has 186 valence electrons. The van der Waals surface area contributed by atoms with E-state index in [2.05, 4.69) is 25.5 Å². The number of nitrogens with zero attached hydrogens (tertiary/aromatic N) is 5. The summed E-state index contributed by atoms with van der Waals surface area (Å²) in [5.41, 5.74) is 1.60. The van der Waals surface area contributed by atoms with E-state index in [9.17, 15) is 9.59 Å². The van der Waals surface area contributed by atoms with Crippen LogP contribution in [-0.2, 0) is 16.0 Å². The number of fused-ring (bicyclic) bond motifs is 1. The van der Waals surface area contributed by atoms with Crippen molar-refractivity contribution < 1.29 is 14.3 Å². The molecular weight excluding hydrogens is 446 g/mol. The molecule has 10 heteroatoms. The minimum Gasteiger partial charge on any atom is -0.476 e. The quantitative estimate of drug-likeness (QED) is 0.583. The van der Waals surface area contributed by atoms with Gasteiger partial charge in [-0.2, -0.15) is 4.98 Å². The van der Waals surface area contributed by atoms with Crippen molar-refractivity contribution in [3.63, 3.8) is 0 Å². The summed E-state index contributed by atoms with van der Waals surface area (Å²) < 4.78 is 5.78. The standard InChI is InChI=1S/C25H33N7O3/c33-23-24(34)32(20-7-1-2-8-20)22-18(6-5-11-26-23)16-28-25(30-22)29-19-9-10-21(27-17-19)35-15-14-31-12-3-4-13-31/h9-10,16-17,20H,1-8,11-15H2,(H,26,33)(H,28,29,30). The van der Waals surface area contributed by atoms with Crippen molar-refractivity contribution in [2.45, 2.75) is 57.4 Å². The van der Waals surface area contributed by atoms with Gasteiger partial charge < -0.3 is 15.4 Å². The number of hydrogen-bond donors (Lipinski definition) is 2. The van der Waals surface area contributed by atoms with E-state index in [1.54, 1.807) is 17.3 Å². The number of amides is 2. The Hall–Kier alpha value is -3.27. The fourth-order valence-electron chi connectivity index (χ4n) is 5.06.